The van der Waals surface area contributed by atoms with E-state index in [4.69, 9.17) is 0 Å². The highest BCUT2D eigenvalue weighted by molar-refractivity contribution is 6.15. The van der Waals surface area contributed by atoms with Crippen LogP contribution in [-0.4, -0.2) is 22.2 Å². The smallest absolute Gasteiger partial charge is 0.330 e. The summed E-state index contributed by atoms with van der Waals surface area (Å²) in [5.74, 6) is -2.63. The van der Waals surface area contributed by atoms with E-state index in [1.165, 1.54) is 5.56 Å². The van der Waals surface area contributed by atoms with Crippen LogP contribution in [0.1, 0.15) is 88.1 Å². The second-order valence-electron chi connectivity index (χ2n) is 9.67. The van der Waals surface area contributed by atoms with E-state index in [0.29, 0.717) is 17.5 Å². The summed E-state index contributed by atoms with van der Waals surface area (Å²) in [5.41, 5.74) is 3.36. The van der Waals surface area contributed by atoms with Gasteiger partial charge < -0.3 is 10.2 Å². The lowest BCUT2D eigenvalue weighted by Crippen LogP contribution is -2.44. The maximum Gasteiger partial charge on any atom is 0.330 e. The van der Waals surface area contributed by atoms with E-state index >= 15 is 0 Å². The van der Waals surface area contributed by atoms with Crippen molar-refractivity contribution < 1.29 is 19.8 Å². The molecule has 1 aliphatic carbocycles. The van der Waals surface area contributed by atoms with Gasteiger partial charge in [0.2, 0.25) is 5.41 Å². The number of carboxylic acids is 2. The van der Waals surface area contributed by atoms with Gasteiger partial charge in [-0.1, -0.05) is 77.8 Å². The van der Waals surface area contributed by atoms with Crippen LogP contribution in [0.25, 0.3) is 11.1 Å². The fourth-order valence-corrected chi connectivity index (χ4v) is 5.26. The number of benzene rings is 2. The van der Waals surface area contributed by atoms with E-state index in [1.807, 2.05) is 12.1 Å². The number of carboxylic acid groups (broad SMARTS) is 2. The minimum atomic E-state index is -2.07. The Bertz CT molecular complexity index is 997. The van der Waals surface area contributed by atoms with Crippen LogP contribution in [0.3, 0.4) is 0 Å². The molecule has 0 bridgehead atoms. The van der Waals surface area contributed by atoms with Crippen LogP contribution in [0.4, 0.5) is 0 Å². The van der Waals surface area contributed by atoms with Crippen molar-refractivity contribution in [1.29, 1.82) is 0 Å². The highest BCUT2D eigenvalue weighted by Gasteiger charge is 2.57. The predicted octanol–water partition coefficient (Wildman–Crippen LogP) is 6.11. The topological polar surface area (TPSA) is 74.6 Å². The Balaban J connectivity index is 2.53. The molecule has 0 heterocycles. The summed E-state index contributed by atoms with van der Waals surface area (Å²) in [6.07, 6.45) is 5.54. The van der Waals surface area contributed by atoms with Crippen molar-refractivity contribution in [2.24, 2.45) is 0 Å². The summed E-state index contributed by atoms with van der Waals surface area (Å²) in [6, 6.07) is 9.22. The monoisotopic (exact) mass is 422 g/mol. The van der Waals surface area contributed by atoms with E-state index in [2.05, 4.69) is 40.7 Å². The molecule has 1 aliphatic rings. The number of hydrogen-bond donors (Lipinski definition) is 2. The van der Waals surface area contributed by atoms with Crippen LogP contribution in [0, 0.1) is 0 Å². The Morgan fingerprint density at radius 3 is 2.03 bits per heavy atom. The molecule has 0 saturated heterocycles. The minimum absolute atomic E-state index is 0.224. The van der Waals surface area contributed by atoms with Gasteiger partial charge >= 0.3 is 11.9 Å². The molecular formula is C27H34O4. The van der Waals surface area contributed by atoms with Gasteiger partial charge in [-0.15, -0.1) is 0 Å². The normalized spacial score (nSPS) is 14.2. The number of aryl methyl sites for hydroxylation is 1. The molecule has 0 aromatic heterocycles. The highest BCUT2D eigenvalue weighted by atomic mass is 16.4. The van der Waals surface area contributed by atoms with Gasteiger partial charge in [-0.2, -0.15) is 0 Å². The zero-order valence-corrected chi connectivity index (χ0v) is 19.3. The Kier molecular flexibility index (Phi) is 6.31. The molecule has 166 valence electrons. The van der Waals surface area contributed by atoms with Crippen molar-refractivity contribution in [3.8, 4) is 11.1 Å². The van der Waals surface area contributed by atoms with Crippen molar-refractivity contribution >= 4 is 11.9 Å². The quantitative estimate of drug-likeness (QED) is 0.504. The highest BCUT2D eigenvalue weighted by Crippen LogP contribution is 2.53. The van der Waals surface area contributed by atoms with E-state index in [-0.39, 0.29) is 5.41 Å². The van der Waals surface area contributed by atoms with Crippen LogP contribution >= 0.6 is 0 Å². The molecule has 0 amide bonds. The average molecular weight is 423 g/mol. The van der Waals surface area contributed by atoms with E-state index in [1.54, 1.807) is 12.1 Å². The van der Waals surface area contributed by atoms with Crippen molar-refractivity contribution in [1.82, 2.24) is 0 Å². The lowest BCUT2D eigenvalue weighted by Gasteiger charge is -2.32. The number of unbranched alkanes of at least 4 members (excludes halogenated alkanes) is 2. The maximum atomic E-state index is 12.8. The van der Waals surface area contributed by atoms with Crippen molar-refractivity contribution in [2.75, 3.05) is 0 Å². The summed E-state index contributed by atoms with van der Waals surface area (Å²) in [5, 5.41) is 20.8. The number of rotatable bonds is 8. The van der Waals surface area contributed by atoms with Gasteiger partial charge in [0.1, 0.15) is 0 Å². The fraction of sp³-hybridized carbons (Fsp3) is 0.481. The second kappa shape index (κ2) is 8.49. The van der Waals surface area contributed by atoms with Crippen LogP contribution in [0.5, 0.6) is 0 Å². The van der Waals surface area contributed by atoms with Crippen LogP contribution < -0.4 is 0 Å². The molecule has 0 aliphatic heterocycles. The largest absolute Gasteiger partial charge is 0.480 e. The molecule has 31 heavy (non-hydrogen) atoms. The Morgan fingerprint density at radius 1 is 0.903 bits per heavy atom. The third-order valence-corrected chi connectivity index (χ3v) is 6.48. The molecule has 0 spiro atoms. The van der Waals surface area contributed by atoms with E-state index in [9.17, 15) is 19.8 Å². The molecule has 0 radical (unpaired) electrons. The molecule has 0 fully saturated rings. The molecule has 2 aromatic carbocycles. The van der Waals surface area contributed by atoms with Gasteiger partial charge in [0.25, 0.3) is 0 Å². The Morgan fingerprint density at radius 2 is 1.48 bits per heavy atom. The minimum Gasteiger partial charge on any atom is -0.480 e. The average Bonchev–Trinajstić information content (AvgIpc) is 3.00. The SMILES string of the molecule is CCCCc1cc2c(c(CCCC)c1C(C)(C)C)C(C(=O)O)(C(=O)O)c1ccccc1-2. The van der Waals surface area contributed by atoms with Crippen LogP contribution in [0.15, 0.2) is 30.3 Å². The zero-order valence-electron chi connectivity index (χ0n) is 19.3. The van der Waals surface area contributed by atoms with Gasteiger partial charge in [-0.25, -0.2) is 0 Å². The molecule has 3 rings (SSSR count). The first-order chi connectivity index (χ1) is 14.6. The Labute approximate surface area is 185 Å². The molecular weight excluding hydrogens is 388 g/mol. The van der Waals surface area contributed by atoms with Crippen LogP contribution in [-0.2, 0) is 33.3 Å². The lowest BCUT2D eigenvalue weighted by atomic mass is 9.70. The summed E-state index contributed by atoms with van der Waals surface area (Å²) >= 11 is 0. The maximum absolute atomic E-state index is 12.8. The number of carbonyl (C=O) groups is 2. The summed E-state index contributed by atoms with van der Waals surface area (Å²) in [6.45, 7) is 10.7. The van der Waals surface area contributed by atoms with Gasteiger partial charge in [0, 0.05) is 0 Å². The molecule has 0 saturated carbocycles. The lowest BCUT2D eigenvalue weighted by molar-refractivity contribution is -0.155. The van der Waals surface area contributed by atoms with Gasteiger partial charge in [0.15, 0.2) is 0 Å². The summed E-state index contributed by atoms with van der Waals surface area (Å²) < 4.78 is 0. The van der Waals surface area contributed by atoms with Crippen molar-refractivity contribution in [2.45, 2.75) is 84.0 Å². The summed E-state index contributed by atoms with van der Waals surface area (Å²) in [7, 11) is 0. The molecule has 4 nitrogen and oxygen atoms in total. The third kappa shape index (κ3) is 3.56. The first-order valence-corrected chi connectivity index (χ1v) is 11.4. The van der Waals surface area contributed by atoms with Crippen molar-refractivity contribution in [3.63, 3.8) is 0 Å². The molecule has 0 unspecified atom stereocenters. The first-order valence-electron chi connectivity index (χ1n) is 11.4. The van der Waals surface area contributed by atoms with Gasteiger partial charge in [0.05, 0.1) is 0 Å². The second-order valence-corrected chi connectivity index (χ2v) is 9.67. The van der Waals surface area contributed by atoms with Gasteiger partial charge in [-0.3, -0.25) is 9.59 Å². The number of hydrogen-bond acceptors (Lipinski definition) is 2. The molecule has 2 aromatic rings. The predicted molar refractivity (Wildman–Crippen MR) is 124 cm³/mol. The van der Waals surface area contributed by atoms with Crippen LogP contribution in [0.2, 0.25) is 0 Å². The number of fused-ring (bicyclic) bond motifs is 3. The fourth-order valence-electron chi connectivity index (χ4n) is 5.26. The summed E-state index contributed by atoms with van der Waals surface area (Å²) in [4.78, 5) is 25.5. The van der Waals surface area contributed by atoms with E-state index in [0.717, 1.165) is 54.4 Å². The first kappa shape index (κ1) is 23.1. The molecule has 4 heteroatoms. The Hall–Kier alpha value is -2.62. The zero-order chi connectivity index (χ0) is 23.0. The standard InChI is InChI=1S/C27H34O4/c1-6-8-12-17-16-20-18-14-10-11-15-21(18)27(24(28)29,25(30)31)23(20)19(13-9-7-2)22(17)26(3,4)5/h10-11,14-16H,6-9,12-13H2,1-5H3,(H,28,29)(H,30,31). The van der Waals surface area contributed by atoms with Crippen molar-refractivity contribution in [3.05, 3.63) is 58.1 Å². The number of aliphatic carboxylic acids is 2. The third-order valence-electron chi connectivity index (χ3n) is 6.48. The van der Waals surface area contributed by atoms with Gasteiger partial charge in [-0.05, 0) is 70.0 Å². The molecule has 2 N–H and O–H groups in total. The van der Waals surface area contributed by atoms with E-state index < -0.39 is 17.4 Å². The molecule has 0 atom stereocenters.